The van der Waals surface area contributed by atoms with Crippen LogP contribution in [0.25, 0.3) is 10.9 Å². The third-order valence-electron chi connectivity index (χ3n) is 2.80. The van der Waals surface area contributed by atoms with E-state index in [1.165, 1.54) is 0 Å². The minimum Gasteiger partial charge on any atom is -0.343 e. The Morgan fingerprint density at radius 1 is 1.35 bits per heavy atom. The molecule has 0 atom stereocenters. The summed E-state index contributed by atoms with van der Waals surface area (Å²) < 4.78 is 2.01. The Hall–Kier alpha value is -1.48. The number of rotatable bonds is 2. The van der Waals surface area contributed by atoms with Gasteiger partial charge in [-0.2, -0.15) is 0 Å². The Balaban J connectivity index is 2.67. The molecule has 0 aliphatic heterocycles. The van der Waals surface area contributed by atoms with Crippen LogP contribution in [0.3, 0.4) is 0 Å². The lowest BCUT2D eigenvalue weighted by molar-refractivity contribution is 0.0818. The molecule has 1 heterocycles. The first-order chi connectivity index (χ1) is 8.04. The molecule has 3 nitrogen and oxygen atoms in total. The maximum atomic E-state index is 12.1. The van der Waals surface area contributed by atoms with Crippen molar-refractivity contribution in [3.8, 4) is 0 Å². The predicted octanol–water partition coefficient (Wildman–Crippen LogP) is 3.02. The zero-order valence-corrected chi connectivity index (χ0v) is 11.0. The standard InChI is InChI=1S/C13H15ClN2O/c1-4-16-11-6-5-10(14)7-9(11)8-12(16)13(17)15(2)3/h5-8H,4H2,1-3H3. The summed E-state index contributed by atoms with van der Waals surface area (Å²) in [5, 5.41) is 1.69. The fourth-order valence-electron chi connectivity index (χ4n) is 1.99. The summed E-state index contributed by atoms with van der Waals surface area (Å²) in [5.74, 6) is 0.0131. The number of carbonyl (C=O) groups excluding carboxylic acids is 1. The molecule has 0 fully saturated rings. The number of nitrogens with zero attached hydrogens (tertiary/aromatic N) is 2. The summed E-state index contributed by atoms with van der Waals surface area (Å²) >= 11 is 5.96. The van der Waals surface area contributed by atoms with E-state index in [4.69, 9.17) is 11.6 Å². The van der Waals surface area contributed by atoms with Gasteiger partial charge in [0.1, 0.15) is 5.69 Å². The number of carbonyl (C=O) groups is 1. The van der Waals surface area contributed by atoms with Crippen molar-refractivity contribution in [3.63, 3.8) is 0 Å². The molecule has 2 rings (SSSR count). The molecule has 1 aromatic heterocycles. The number of halogens is 1. The van der Waals surface area contributed by atoms with Crippen molar-refractivity contribution in [1.29, 1.82) is 0 Å². The summed E-state index contributed by atoms with van der Waals surface area (Å²) in [7, 11) is 3.51. The zero-order valence-electron chi connectivity index (χ0n) is 10.2. The SMILES string of the molecule is CCn1c(C(=O)N(C)C)cc2cc(Cl)ccc21. The molecule has 0 unspecified atom stereocenters. The van der Waals surface area contributed by atoms with Crippen molar-refractivity contribution in [2.24, 2.45) is 0 Å². The van der Waals surface area contributed by atoms with E-state index >= 15 is 0 Å². The lowest BCUT2D eigenvalue weighted by Gasteiger charge is -2.12. The normalized spacial score (nSPS) is 10.8. The molecule has 0 saturated heterocycles. The van der Waals surface area contributed by atoms with Gasteiger partial charge in [0.15, 0.2) is 0 Å². The summed E-state index contributed by atoms with van der Waals surface area (Å²) in [6, 6.07) is 7.58. The molecule has 4 heteroatoms. The highest BCUT2D eigenvalue weighted by Gasteiger charge is 2.16. The Labute approximate surface area is 106 Å². The summed E-state index contributed by atoms with van der Waals surface area (Å²) in [6.45, 7) is 2.79. The monoisotopic (exact) mass is 250 g/mol. The van der Waals surface area contributed by atoms with E-state index in [0.29, 0.717) is 10.7 Å². The molecule has 0 bridgehead atoms. The van der Waals surface area contributed by atoms with Gasteiger partial charge in [0, 0.05) is 36.6 Å². The quantitative estimate of drug-likeness (QED) is 0.804. The average Bonchev–Trinajstić information content (AvgIpc) is 2.64. The van der Waals surface area contributed by atoms with Crippen LogP contribution in [0.1, 0.15) is 17.4 Å². The Bertz CT molecular complexity index is 572. The van der Waals surface area contributed by atoms with Crippen molar-refractivity contribution in [1.82, 2.24) is 9.47 Å². The molecule has 17 heavy (non-hydrogen) atoms. The van der Waals surface area contributed by atoms with Crippen LogP contribution in [0.5, 0.6) is 0 Å². The highest BCUT2D eigenvalue weighted by atomic mass is 35.5. The maximum absolute atomic E-state index is 12.1. The largest absolute Gasteiger partial charge is 0.343 e. The fourth-order valence-corrected chi connectivity index (χ4v) is 2.17. The number of amides is 1. The molecular weight excluding hydrogens is 236 g/mol. The van der Waals surface area contributed by atoms with Crippen molar-refractivity contribution >= 4 is 28.4 Å². The Morgan fingerprint density at radius 3 is 2.65 bits per heavy atom. The number of hydrogen-bond donors (Lipinski definition) is 0. The van der Waals surface area contributed by atoms with Gasteiger partial charge in [-0.15, -0.1) is 0 Å². The van der Waals surface area contributed by atoms with Gasteiger partial charge in [-0.1, -0.05) is 11.6 Å². The smallest absolute Gasteiger partial charge is 0.269 e. The zero-order chi connectivity index (χ0) is 12.6. The van der Waals surface area contributed by atoms with Crippen LogP contribution >= 0.6 is 11.6 Å². The molecule has 90 valence electrons. The minimum atomic E-state index is 0.0131. The minimum absolute atomic E-state index is 0.0131. The van der Waals surface area contributed by atoms with Crippen LogP contribution in [0.15, 0.2) is 24.3 Å². The molecular formula is C13H15ClN2O. The second kappa shape index (κ2) is 4.41. The van der Waals surface area contributed by atoms with Gasteiger partial charge >= 0.3 is 0 Å². The number of hydrogen-bond acceptors (Lipinski definition) is 1. The van der Waals surface area contributed by atoms with Crippen LogP contribution in [-0.4, -0.2) is 29.5 Å². The van der Waals surface area contributed by atoms with Gasteiger partial charge in [-0.05, 0) is 31.2 Å². The highest BCUT2D eigenvalue weighted by molar-refractivity contribution is 6.31. The number of fused-ring (bicyclic) bond motifs is 1. The topological polar surface area (TPSA) is 25.2 Å². The van der Waals surface area contributed by atoms with Gasteiger partial charge in [0.05, 0.1) is 0 Å². The van der Waals surface area contributed by atoms with Gasteiger partial charge in [0.2, 0.25) is 0 Å². The third kappa shape index (κ3) is 2.03. The first-order valence-corrected chi connectivity index (χ1v) is 5.93. The maximum Gasteiger partial charge on any atom is 0.269 e. The second-order valence-corrected chi connectivity index (χ2v) is 4.61. The summed E-state index contributed by atoms with van der Waals surface area (Å²) in [5.41, 5.74) is 1.75. The van der Waals surface area contributed by atoms with Crippen LogP contribution in [0, 0.1) is 0 Å². The van der Waals surface area contributed by atoms with E-state index in [0.717, 1.165) is 17.4 Å². The molecule has 0 saturated carbocycles. The van der Waals surface area contributed by atoms with Gasteiger partial charge in [0.25, 0.3) is 5.91 Å². The van der Waals surface area contributed by atoms with Gasteiger partial charge in [-0.25, -0.2) is 0 Å². The van der Waals surface area contributed by atoms with Crippen LogP contribution in [0.2, 0.25) is 5.02 Å². The molecule has 0 spiro atoms. The molecule has 0 aliphatic carbocycles. The summed E-state index contributed by atoms with van der Waals surface area (Å²) in [6.07, 6.45) is 0. The first kappa shape index (κ1) is 12.0. The first-order valence-electron chi connectivity index (χ1n) is 5.55. The predicted molar refractivity (Wildman–Crippen MR) is 70.6 cm³/mol. The van der Waals surface area contributed by atoms with Crippen molar-refractivity contribution in [2.75, 3.05) is 14.1 Å². The van der Waals surface area contributed by atoms with E-state index in [1.54, 1.807) is 19.0 Å². The second-order valence-electron chi connectivity index (χ2n) is 4.18. The van der Waals surface area contributed by atoms with E-state index in [9.17, 15) is 4.79 Å². The fraction of sp³-hybridized carbons (Fsp3) is 0.308. The Kier molecular flexibility index (Phi) is 3.11. The molecule has 0 radical (unpaired) electrons. The van der Waals surface area contributed by atoms with E-state index < -0.39 is 0 Å². The van der Waals surface area contributed by atoms with E-state index in [1.807, 2.05) is 35.8 Å². The highest BCUT2D eigenvalue weighted by Crippen LogP contribution is 2.24. The Morgan fingerprint density at radius 2 is 2.06 bits per heavy atom. The van der Waals surface area contributed by atoms with Crippen molar-refractivity contribution in [2.45, 2.75) is 13.5 Å². The van der Waals surface area contributed by atoms with Gasteiger partial charge in [-0.3, -0.25) is 4.79 Å². The molecule has 2 aromatic rings. The average molecular weight is 251 g/mol. The van der Waals surface area contributed by atoms with Crippen molar-refractivity contribution < 1.29 is 4.79 Å². The lowest BCUT2D eigenvalue weighted by atomic mass is 10.2. The van der Waals surface area contributed by atoms with Gasteiger partial charge < -0.3 is 9.47 Å². The van der Waals surface area contributed by atoms with Crippen LogP contribution < -0.4 is 0 Å². The number of benzene rings is 1. The molecule has 1 aromatic carbocycles. The van der Waals surface area contributed by atoms with Crippen LogP contribution in [0.4, 0.5) is 0 Å². The summed E-state index contributed by atoms with van der Waals surface area (Å²) in [4.78, 5) is 13.6. The van der Waals surface area contributed by atoms with E-state index in [2.05, 4.69) is 0 Å². The van der Waals surface area contributed by atoms with Crippen LogP contribution in [-0.2, 0) is 6.54 Å². The molecule has 0 aliphatic rings. The molecule has 0 N–H and O–H groups in total. The third-order valence-corrected chi connectivity index (χ3v) is 3.04. The lowest BCUT2D eigenvalue weighted by Crippen LogP contribution is -2.24. The molecule has 1 amide bonds. The number of aryl methyl sites for hydroxylation is 1. The van der Waals surface area contributed by atoms with Crippen molar-refractivity contribution in [3.05, 3.63) is 35.0 Å². The van der Waals surface area contributed by atoms with E-state index in [-0.39, 0.29) is 5.91 Å². The number of aromatic nitrogens is 1.